The number of hydrogen-bond acceptors (Lipinski definition) is 3. The maximum atomic E-state index is 10.9. The fraction of sp³-hybridized carbons (Fsp3) is 0.333. The van der Waals surface area contributed by atoms with Crippen LogP contribution in [0.2, 0.25) is 0 Å². The lowest BCUT2D eigenvalue weighted by Crippen LogP contribution is -2.09. The number of aryl methyl sites for hydroxylation is 2. The van der Waals surface area contributed by atoms with Crippen molar-refractivity contribution in [3.8, 4) is 0 Å². The minimum atomic E-state index is -0.423. The molecule has 0 radical (unpaired) electrons. The Balaban J connectivity index is 2.53. The van der Waals surface area contributed by atoms with E-state index >= 15 is 0 Å². The Morgan fingerprint density at radius 2 is 2.20 bits per heavy atom. The van der Waals surface area contributed by atoms with E-state index in [9.17, 15) is 4.79 Å². The number of halogens is 1. The van der Waals surface area contributed by atoms with Crippen LogP contribution in [-0.2, 0) is 22.4 Å². The van der Waals surface area contributed by atoms with Crippen molar-refractivity contribution in [1.82, 2.24) is 10.2 Å². The molecule has 1 N–H and O–H groups in total. The van der Waals surface area contributed by atoms with Crippen molar-refractivity contribution in [3.63, 3.8) is 0 Å². The maximum Gasteiger partial charge on any atom is 0.294 e. The van der Waals surface area contributed by atoms with Gasteiger partial charge in [0.15, 0.2) is 6.10 Å². The van der Waals surface area contributed by atoms with Gasteiger partial charge >= 0.3 is 0 Å². The third-order valence-electron chi connectivity index (χ3n) is 3.26. The number of benzene rings is 1. The summed E-state index contributed by atoms with van der Waals surface area (Å²) in [6.07, 6.45) is 1.18. The van der Waals surface area contributed by atoms with Crippen LogP contribution in [0.1, 0.15) is 42.5 Å². The number of aromatic nitrogens is 2. The number of ether oxygens (including phenoxy) is 1. The Morgan fingerprint density at radius 1 is 1.40 bits per heavy atom. The van der Waals surface area contributed by atoms with Crippen molar-refractivity contribution >= 4 is 22.4 Å². The molecule has 2 aromatic rings. The van der Waals surface area contributed by atoms with Gasteiger partial charge in [0, 0.05) is 15.7 Å². The van der Waals surface area contributed by atoms with Gasteiger partial charge in [0.2, 0.25) is 0 Å². The van der Waals surface area contributed by atoms with Gasteiger partial charge in [-0.05, 0) is 30.5 Å². The molecule has 1 atom stereocenters. The molecule has 0 amide bonds. The summed E-state index contributed by atoms with van der Waals surface area (Å²) >= 11 is 3.45. The van der Waals surface area contributed by atoms with E-state index in [0.29, 0.717) is 6.47 Å². The summed E-state index contributed by atoms with van der Waals surface area (Å²) in [5.74, 6) is 0. The van der Waals surface area contributed by atoms with E-state index in [2.05, 4.69) is 33.1 Å². The predicted octanol–water partition coefficient (Wildman–Crippen LogP) is 3.56. The lowest BCUT2D eigenvalue weighted by molar-refractivity contribution is -0.132. The summed E-state index contributed by atoms with van der Waals surface area (Å²) in [6, 6.07) is 7.78. The van der Waals surface area contributed by atoms with Crippen molar-refractivity contribution < 1.29 is 9.53 Å². The van der Waals surface area contributed by atoms with Gasteiger partial charge in [-0.1, -0.05) is 41.9 Å². The number of carbonyl (C=O) groups is 1. The zero-order chi connectivity index (χ0) is 14.5. The van der Waals surface area contributed by atoms with E-state index in [1.165, 1.54) is 0 Å². The quantitative estimate of drug-likeness (QED) is 0.820. The maximum absolute atomic E-state index is 10.9. The fourth-order valence-electron chi connectivity index (χ4n) is 2.32. The molecule has 0 bridgehead atoms. The van der Waals surface area contributed by atoms with Crippen LogP contribution in [0.15, 0.2) is 28.7 Å². The number of rotatable bonds is 6. The molecule has 0 aliphatic rings. The topological polar surface area (TPSA) is 55.0 Å². The molecule has 0 spiro atoms. The fourth-order valence-corrected chi connectivity index (χ4v) is 2.73. The third-order valence-corrected chi connectivity index (χ3v) is 3.75. The van der Waals surface area contributed by atoms with E-state index in [4.69, 9.17) is 4.74 Å². The van der Waals surface area contributed by atoms with Gasteiger partial charge in [-0.2, -0.15) is 5.10 Å². The highest BCUT2D eigenvalue weighted by Gasteiger charge is 2.24. The number of nitrogens with one attached hydrogen (secondary N) is 1. The summed E-state index contributed by atoms with van der Waals surface area (Å²) in [6.45, 7) is 4.59. The SMILES string of the molecule is CCc1n[nH]c(CC)c1C(OC=O)c1cccc(Br)c1. The van der Waals surface area contributed by atoms with Gasteiger partial charge < -0.3 is 4.74 Å². The molecule has 0 saturated carbocycles. The standard InChI is InChI=1S/C15H17BrN2O2/c1-3-12-14(13(4-2)18-17-12)15(20-9-19)10-6-5-7-11(16)8-10/h5-9,15H,3-4H2,1-2H3,(H,17,18). The van der Waals surface area contributed by atoms with Crippen LogP contribution in [0, 0.1) is 0 Å². The molecule has 1 heterocycles. The molecule has 1 aromatic heterocycles. The van der Waals surface area contributed by atoms with E-state index < -0.39 is 6.10 Å². The Labute approximate surface area is 126 Å². The van der Waals surface area contributed by atoms with Crippen LogP contribution < -0.4 is 0 Å². The molecule has 1 unspecified atom stereocenters. The summed E-state index contributed by atoms with van der Waals surface area (Å²) in [5, 5.41) is 7.36. The molecule has 20 heavy (non-hydrogen) atoms. The molecular formula is C15H17BrN2O2. The molecule has 2 rings (SSSR count). The van der Waals surface area contributed by atoms with Crippen molar-refractivity contribution in [2.45, 2.75) is 32.8 Å². The third kappa shape index (κ3) is 2.93. The van der Waals surface area contributed by atoms with Gasteiger partial charge in [0.1, 0.15) is 0 Å². The number of aromatic amines is 1. The second-order valence-electron chi connectivity index (χ2n) is 4.44. The summed E-state index contributed by atoms with van der Waals surface area (Å²) < 4.78 is 6.30. The van der Waals surface area contributed by atoms with Gasteiger partial charge in [-0.25, -0.2) is 0 Å². The largest absolute Gasteiger partial charge is 0.455 e. The molecular weight excluding hydrogens is 320 g/mol. The average Bonchev–Trinajstić information content (AvgIpc) is 2.87. The van der Waals surface area contributed by atoms with Gasteiger partial charge in [-0.15, -0.1) is 0 Å². The Kier molecular flexibility index (Phi) is 4.95. The van der Waals surface area contributed by atoms with Crippen LogP contribution in [0.5, 0.6) is 0 Å². The second kappa shape index (κ2) is 6.70. The Bertz CT molecular complexity index is 574. The van der Waals surface area contributed by atoms with Crippen LogP contribution >= 0.6 is 15.9 Å². The van der Waals surface area contributed by atoms with E-state index in [0.717, 1.165) is 39.8 Å². The molecule has 0 aliphatic carbocycles. The first kappa shape index (κ1) is 14.8. The highest BCUT2D eigenvalue weighted by Crippen LogP contribution is 2.31. The highest BCUT2D eigenvalue weighted by molar-refractivity contribution is 9.10. The van der Waals surface area contributed by atoms with Crippen LogP contribution in [-0.4, -0.2) is 16.7 Å². The lowest BCUT2D eigenvalue weighted by atomic mass is 9.97. The Morgan fingerprint density at radius 3 is 2.80 bits per heavy atom. The van der Waals surface area contributed by atoms with E-state index in [1.54, 1.807) is 0 Å². The molecule has 5 heteroatoms. The second-order valence-corrected chi connectivity index (χ2v) is 5.35. The first-order valence-corrected chi connectivity index (χ1v) is 7.41. The van der Waals surface area contributed by atoms with Gasteiger partial charge in [0.25, 0.3) is 6.47 Å². The number of H-pyrrole nitrogens is 1. The van der Waals surface area contributed by atoms with Crippen molar-refractivity contribution in [3.05, 3.63) is 51.3 Å². The molecule has 4 nitrogen and oxygen atoms in total. The van der Waals surface area contributed by atoms with Crippen molar-refractivity contribution in [2.75, 3.05) is 0 Å². The number of hydrogen-bond donors (Lipinski definition) is 1. The summed E-state index contributed by atoms with van der Waals surface area (Å²) in [7, 11) is 0. The summed E-state index contributed by atoms with van der Waals surface area (Å²) in [4.78, 5) is 10.9. The first-order chi connectivity index (χ1) is 9.71. The van der Waals surface area contributed by atoms with Crippen molar-refractivity contribution in [1.29, 1.82) is 0 Å². The molecule has 106 valence electrons. The lowest BCUT2D eigenvalue weighted by Gasteiger charge is -2.17. The van der Waals surface area contributed by atoms with Gasteiger partial charge in [-0.3, -0.25) is 9.89 Å². The monoisotopic (exact) mass is 336 g/mol. The van der Waals surface area contributed by atoms with Crippen molar-refractivity contribution in [2.24, 2.45) is 0 Å². The first-order valence-electron chi connectivity index (χ1n) is 6.61. The highest BCUT2D eigenvalue weighted by atomic mass is 79.9. The zero-order valence-electron chi connectivity index (χ0n) is 11.5. The predicted molar refractivity (Wildman–Crippen MR) is 80.5 cm³/mol. The van der Waals surface area contributed by atoms with E-state index in [1.807, 2.05) is 31.2 Å². The normalized spacial score (nSPS) is 12.2. The van der Waals surface area contributed by atoms with E-state index in [-0.39, 0.29) is 0 Å². The number of carbonyl (C=O) groups excluding carboxylic acids is 1. The smallest absolute Gasteiger partial charge is 0.294 e. The zero-order valence-corrected chi connectivity index (χ0v) is 13.1. The Hall–Kier alpha value is -1.62. The number of nitrogens with zero attached hydrogens (tertiary/aromatic N) is 1. The molecule has 0 saturated heterocycles. The van der Waals surface area contributed by atoms with Crippen LogP contribution in [0.4, 0.5) is 0 Å². The minimum absolute atomic E-state index is 0.423. The molecule has 0 aliphatic heterocycles. The summed E-state index contributed by atoms with van der Waals surface area (Å²) in [5.41, 5.74) is 3.85. The van der Waals surface area contributed by atoms with Crippen LogP contribution in [0.3, 0.4) is 0 Å². The average molecular weight is 337 g/mol. The van der Waals surface area contributed by atoms with Crippen LogP contribution in [0.25, 0.3) is 0 Å². The molecule has 0 fully saturated rings. The minimum Gasteiger partial charge on any atom is -0.455 e. The molecule has 1 aromatic carbocycles. The van der Waals surface area contributed by atoms with Gasteiger partial charge in [0.05, 0.1) is 5.69 Å².